The number of amides is 1. The summed E-state index contributed by atoms with van der Waals surface area (Å²) in [7, 11) is 0. The van der Waals surface area contributed by atoms with Crippen molar-refractivity contribution in [3.63, 3.8) is 0 Å². The molecule has 0 radical (unpaired) electrons. The number of carbonyl (C=O) groups excluding carboxylic acids is 1. The topological polar surface area (TPSA) is 41.9 Å². The van der Waals surface area contributed by atoms with Gasteiger partial charge in [0.1, 0.15) is 5.75 Å². The average Bonchev–Trinajstić information content (AvgIpc) is 2.92. The molecular weight excluding hydrogens is 332 g/mol. The maximum absolute atomic E-state index is 12.7. The summed E-state index contributed by atoms with van der Waals surface area (Å²) in [5.41, 5.74) is 2.00. The smallest absolute Gasteiger partial charge is 0.242 e. The van der Waals surface area contributed by atoms with Crippen LogP contribution in [0.3, 0.4) is 0 Å². The Bertz CT molecular complexity index is 744. The van der Waals surface area contributed by atoms with E-state index in [2.05, 4.69) is 17.1 Å². The Kier molecular flexibility index (Phi) is 5.76. The zero-order valence-corrected chi connectivity index (χ0v) is 15.3. The van der Waals surface area contributed by atoms with Gasteiger partial charge in [0.15, 0.2) is 5.17 Å². The number of benzene rings is 2. The molecule has 1 atom stereocenters. The molecule has 2 aromatic carbocycles. The normalized spacial score (nSPS) is 18.8. The van der Waals surface area contributed by atoms with Crippen LogP contribution in [0.5, 0.6) is 5.75 Å². The van der Waals surface area contributed by atoms with Crippen molar-refractivity contribution in [3.05, 3.63) is 60.2 Å². The van der Waals surface area contributed by atoms with Gasteiger partial charge in [0.25, 0.3) is 0 Å². The molecule has 1 aliphatic rings. The fourth-order valence-corrected chi connectivity index (χ4v) is 4.00. The number of carbonyl (C=O) groups is 1. The molecule has 130 valence electrons. The highest BCUT2D eigenvalue weighted by Gasteiger charge is 2.36. The SMILES string of the molecule is CCOc1ccc(N=C2S[C@@H](Cc3ccccc3)C(=O)N2CC)cc1. The number of rotatable bonds is 6. The second kappa shape index (κ2) is 8.21. The highest BCUT2D eigenvalue weighted by Crippen LogP contribution is 2.32. The van der Waals surface area contributed by atoms with Crippen molar-refractivity contribution in [2.75, 3.05) is 13.2 Å². The summed E-state index contributed by atoms with van der Waals surface area (Å²) in [4.78, 5) is 19.1. The number of amidine groups is 1. The van der Waals surface area contributed by atoms with E-state index in [1.807, 2.05) is 56.3 Å². The monoisotopic (exact) mass is 354 g/mol. The van der Waals surface area contributed by atoms with E-state index in [0.29, 0.717) is 13.2 Å². The summed E-state index contributed by atoms with van der Waals surface area (Å²) in [6, 6.07) is 17.8. The first-order valence-corrected chi connectivity index (χ1v) is 9.42. The zero-order chi connectivity index (χ0) is 17.6. The molecule has 1 aliphatic heterocycles. The Balaban J connectivity index is 1.77. The fourth-order valence-electron chi connectivity index (χ4n) is 2.74. The predicted molar refractivity (Wildman–Crippen MR) is 104 cm³/mol. The minimum absolute atomic E-state index is 0.108. The van der Waals surface area contributed by atoms with E-state index in [4.69, 9.17) is 4.74 Å². The van der Waals surface area contributed by atoms with Gasteiger partial charge in [0.05, 0.1) is 17.5 Å². The minimum atomic E-state index is -0.108. The largest absolute Gasteiger partial charge is 0.494 e. The Morgan fingerprint density at radius 3 is 2.44 bits per heavy atom. The van der Waals surface area contributed by atoms with Crippen molar-refractivity contribution in [1.29, 1.82) is 0 Å². The Morgan fingerprint density at radius 2 is 1.80 bits per heavy atom. The van der Waals surface area contributed by atoms with E-state index in [1.54, 1.807) is 16.7 Å². The number of hydrogen-bond acceptors (Lipinski definition) is 4. The number of aliphatic imine (C=N–C) groups is 1. The van der Waals surface area contributed by atoms with Crippen molar-refractivity contribution < 1.29 is 9.53 Å². The van der Waals surface area contributed by atoms with E-state index in [-0.39, 0.29) is 11.2 Å². The van der Waals surface area contributed by atoms with Gasteiger partial charge in [-0.05, 0) is 50.1 Å². The van der Waals surface area contributed by atoms with E-state index in [0.717, 1.165) is 23.0 Å². The van der Waals surface area contributed by atoms with E-state index in [9.17, 15) is 4.79 Å². The highest BCUT2D eigenvalue weighted by molar-refractivity contribution is 8.15. The third-order valence-electron chi connectivity index (χ3n) is 3.97. The molecule has 2 aromatic rings. The van der Waals surface area contributed by atoms with E-state index < -0.39 is 0 Å². The van der Waals surface area contributed by atoms with Crippen LogP contribution < -0.4 is 4.74 Å². The summed E-state index contributed by atoms with van der Waals surface area (Å²) in [5.74, 6) is 0.969. The van der Waals surface area contributed by atoms with Crippen molar-refractivity contribution in [2.45, 2.75) is 25.5 Å². The van der Waals surface area contributed by atoms with Gasteiger partial charge in [-0.2, -0.15) is 0 Å². The molecule has 25 heavy (non-hydrogen) atoms. The van der Waals surface area contributed by atoms with Gasteiger partial charge in [0, 0.05) is 6.54 Å². The predicted octanol–water partition coefficient (Wildman–Crippen LogP) is 4.28. The number of nitrogens with zero attached hydrogens (tertiary/aromatic N) is 2. The van der Waals surface area contributed by atoms with Gasteiger partial charge >= 0.3 is 0 Å². The lowest BCUT2D eigenvalue weighted by Gasteiger charge is -2.13. The van der Waals surface area contributed by atoms with Gasteiger partial charge < -0.3 is 4.74 Å². The highest BCUT2D eigenvalue weighted by atomic mass is 32.2. The molecule has 1 saturated heterocycles. The average molecular weight is 354 g/mol. The molecular formula is C20H22N2O2S. The van der Waals surface area contributed by atoms with Crippen LogP contribution in [0, 0.1) is 0 Å². The number of thioether (sulfide) groups is 1. The quantitative estimate of drug-likeness (QED) is 0.777. The van der Waals surface area contributed by atoms with Crippen LogP contribution >= 0.6 is 11.8 Å². The summed E-state index contributed by atoms with van der Waals surface area (Å²) < 4.78 is 5.46. The maximum atomic E-state index is 12.7. The van der Waals surface area contributed by atoms with Crippen molar-refractivity contribution in [2.24, 2.45) is 4.99 Å². The van der Waals surface area contributed by atoms with Crippen LogP contribution in [0.15, 0.2) is 59.6 Å². The second-order valence-electron chi connectivity index (χ2n) is 5.70. The first kappa shape index (κ1) is 17.5. The van der Waals surface area contributed by atoms with Gasteiger partial charge in [0.2, 0.25) is 5.91 Å². The summed E-state index contributed by atoms with van der Waals surface area (Å²) >= 11 is 1.55. The van der Waals surface area contributed by atoms with E-state index >= 15 is 0 Å². The van der Waals surface area contributed by atoms with Crippen LogP contribution in [-0.2, 0) is 11.2 Å². The van der Waals surface area contributed by atoms with Gasteiger partial charge in [-0.3, -0.25) is 9.69 Å². The molecule has 0 bridgehead atoms. The molecule has 5 heteroatoms. The summed E-state index contributed by atoms with van der Waals surface area (Å²) in [6.07, 6.45) is 0.725. The first-order chi connectivity index (χ1) is 12.2. The number of hydrogen-bond donors (Lipinski definition) is 0. The Labute approximate surface area is 152 Å². The molecule has 1 amide bonds. The summed E-state index contributed by atoms with van der Waals surface area (Å²) in [6.45, 7) is 5.22. The minimum Gasteiger partial charge on any atom is -0.494 e. The first-order valence-electron chi connectivity index (χ1n) is 8.54. The van der Waals surface area contributed by atoms with Crippen molar-refractivity contribution in [3.8, 4) is 5.75 Å². The third kappa shape index (κ3) is 4.23. The fraction of sp³-hybridized carbons (Fsp3) is 0.300. The molecule has 4 nitrogen and oxygen atoms in total. The van der Waals surface area contributed by atoms with Crippen LogP contribution in [0.4, 0.5) is 5.69 Å². The lowest BCUT2D eigenvalue weighted by molar-refractivity contribution is -0.126. The van der Waals surface area contributed by atoms with Gasteiger partial charge in [-0.25, -0.2) is 4.99 Å². The lowest BCUT2D eigenvalue weighted by atomic mass is 10.1. The van der Waals surface area contributed by atoms with Crippen LogP contribution in [0.2, 0.25) is 0 Å². The lowest BCUT2D eigenvalue weighted by Crippen LogP contribution is -2.32. The van der Waals surface area contributed by atoms with Crippen LogP contribution in [-0.4, -0.2) is 34.4 Å². The van der Waals surface area contributed by atoms with Crippen LogP contribution in [0.1, 0.15) is 19.4 Å². The molecule has 0 saturated carbocycles. The molecule has 1 fully saturated rings. The summed E-state index contributed by atoms with van der Waals surface area (Å²) in [5, 5.41) is 0.668. The van der Waals surface area contributed by atoms with Crippen LogP contribution in [0.25, 0.3) is 0 Å². The Morgan fingerprint density at radius 1 is 1.08 bits per heavy atom. The van der Waals surface area contributed by atoms with E-state index in [1.165, 1.54) is 5.56 Å². The third-order valence-corrected chi connectivity index (χ3v) is 5.15. The standard InChI is InChI=1S/C20H22N2O2S/c1-3-22-19(23)18(14-15-8-6-5-7-9-15)25-20(22)21-16-10-12-17(13-11-16)24-4-2/h5-13,18H,3-4,14H2,1-2H3/t18-/m0/s1. The molecule has 0 aromatic heterocycles. The molecule has 0 spiro atoms. The molecule has 0 aliphatic carbocycles. The van der Waals surface area contributed by atoms with Gasteiger partial charge in [-0.15, -0.1) is 0 Å². The molecule has 3 rings (SSSR count). The maximum Gasteiger partial charge on any atom is 0.242 e. The zero-order valence-electron chi connectivity index (χ0n) is 14.5. The van der Waals surface area contributed by atoms with Crippen molar-refractivity contribution >= 4 is 28.5 Å². The molecule has 0 N–H and O–H groups in total. The molecule has 0 unspecified atom stereocenters. The molecule has 1 heterocycles. The number of ether oxygens (including phenoxy) is 1. The van der Waals surface area contributed by atoms with Gasteiger partial charge in [-0.1, -0.05) is 42.1 Å². The Hall–Kier alpha value is -2.27. The second-order valence-corrected chi connectivity index (χ2v) is 6.87. The van der Waals surface area contributed by atoms with Crippen molar-refractivity contribution in [1.82, 2.24) is 4.90 Å².